The smallest absolute Gasteiger partial charge is 0.0494 e. The zero-order chi connectivity index (χ0) is 12.1. The van der Waals surface area contributed by atoms with Crippen LogP contribution in [0.3, 0.4) is 0 Å². The Morgan fingerprint density at radius 1 is 1.29 bits per heavy atom. The van der Waals surface area contributed by atoms with E-state index >= 15 is 0 Å². The Balaban J connectivity index is 2.00. The number of methoxy groups -OCH3 is 1. The Morgan fingerprint density at radius 3 is 2.65 bits per heavy atom. The molecule has 1 saturated heterocycles. The van der Waals surface area contributed by atoms with E-state index in [-0.39, 0.29) is 0 Å². The molecule has 0 radical (unpaired) electrons. The lowest BCUT2D eigenvalue weighted by atomic mass is 9.97. The molecule has 0 N–H and O–H groups in total. The molecule has 2 rings (SSSR count). The summed E-state index contributed by atoms with van der Waals surface area (Å²) < 4.78 is 5.23. The van der Waals surface area contributed by atoms with Crippen LogP contribution in [0.15, 0.2) is 24.3 Å². The average molecular weight is 254 g/mol. The van der Waals surface area contributed by atoms with E-state index < -0.39 is 0 Å². The van der Waals surface area contributed by atoms with Crippen LogP contribution in [0, 0.1) is 5.92 Å². The van der Waals surface area contributed by atoms with Gasteiger partial charge in [-0.15, -0.1) is 11.6 Å². The number of piperidine rings is 1. The fourth-order valence-corrected chi connectivity index (χ4v) is 2.73. The Bertz CT molecular complexity index is 348. The van der Waals surface area contributed by atoms with Crippen molar-refractivity contribution in [3.05, 3.63) is 29.8 Å². The lowest BCUT2D eigenvalue weighted by Crippen LogP contribution is -2.35. The van der Waals surface area contributed by atoms with Gasteiger partial charge in [0, 0.05) is 38.4 Å². The largest absolute Gasteiger partial charge is 0.384 e. The van der Waals surface area contributed by atoms with Gasteiger partial charge in [-0.2, -0.15) is 0 Å². The second-order valence-electron chi connectivity index (χ2n) is 4.65. The Hall–Kier alpha value is -0.730. The first-order valence-electron chi connectivity index (χ1n) is 6.23. The SMILES string of the molecule is COCC1CCN(c2ccccc2CCl)CC1. The predicted molar refractivity (Wildman–Crippen MR) is 72.8 cm³/mol. The number of nitrogens with zero attached hydrogens (tertiary/aromatic N) is 1. The van der Waals surface area contributed by atoms with E-state index in [1.54, 1.807) is 7.11 Å². The molecule has 2 nitrogen and oxygen atoms in total. The molecule has 1 fully saturated rings. The van der Waals surface area contributed by atoms with Gasteiger partial charge in [0.05, 0.1) is 0 Å². The summed E-state index contributed by atoms with van der Waals surface area (Å²) in [6.07, 6.45) is 2.43. The van der Waals surface area contributed by atoms with Crippen molar-refractivity contribution in [2.24, 2.45) is 5.92 Å². The first-order valence-corrected chi connectivity index (χ1v) is 6.76. The number of hydrogen-bond acceptors (Lipinski definition) is 2. The van der Waals surface area contributed by atoms with Crippen molar-refractivity contribution in [1.82, 2.24) is 0 Å². The molecule has 0 aliphatic carbocycles. The topological polar surface area (TPSA) is 12.5 Å². The quantitative estimate of drug-likeness (QED) is 0.764. The normalized spacial score (nSPS) is 17.4. The standard InChI is InChI=1S/C14H20ClNO/c1-17-11-12-6-8-16(9-7-12)14-5-3-2-4-13(14)10-15/h2-5,12H,6-11H2,1H3. The van der Waals surface area contributed by atoms with Crippen LogP contribution < -0.4 is 4.90 Å². The molecule has 0 unspecified atom stereocenters. The fourth-order valence-electron chi connectivity index (χ4n) is 2.51. The van der Waals surface area contributed by atoms with Crippen LogP contribution >= 0.6 is 11.6 Å². The molecule has 0 amide bonds. The number of para-hydroxylation sites is 1. The fraction of sp³-hybridized carbons (Fsp3) is 0.571. The monoisotopic (exact) mass is 253 g/mol. The van der Waals surface area contributed by atoms with Gasteiger partial charge in [-0.25, -0.2) is 0 Å². The highest BCUT2D eigenvalue weighted by Gasteiger charge is 2.20. The number of ether oxygens (including phenoxy) is 1. The number of hydrogen-bond donors (Lipinski definition) is 0. The summed E-state index contributed by atoms with van der Waals surface area (Å²) in [7, 11) is 1.79. The number of halogens is 1. The number of rotatable bonds is 4. The van der Waals surface area contributed by atoms with Crippen molar-refractivity contribution >= 4 is 17.3 Å². The van der Waals surface area contributed by atoms with E-state index in [1.807, 2.05) is 0 Å². The van der Waals surface area contributed by atoms with Gasteiger partial charge in [0.15, 0.2) is 0 Å². The van der Waals surface area contributed by atoms with E-state index in [4.69, 9.17) is 16.3 Å². The minimum Gasteiger partial charge on any atom is -0.384 e. The molecule has 1 heterocycles. The number of anilines is 1. The van der Waals surface area contributed by atoms with Gasteiger partial charge in [0.2, 0.25) is 0 Å². The third-order valence-corrected chi connectivity index (χ3v) is 3.78. The van der Waals surface area contributed by atoms with Crippen molar-refractivity contribution in [1.29, 1.82) is 0 Å². The Kier molecular flexibility index (Phi) is 4.69. The van der Waals surface area contributed by atoms with Crippen LogP contribution in [0.4, 0.5) is 5.69 Å². The Labute approximate surface area is 109 Å². The third-order valence-electron chi connectivity index (χ3n) is 3.49. The summed E-state index contributed by atoms with van der Waals surface area (Å²) >= 11 is 5.98. The van der Waals surface area contributed by atoms with E-state index in [0.29, 0.717) is 5.88 Å². The molecule has 17 heavy (non-hydrogen) atoms. The van der Waals surface area contributed by atoms with E-state index in [0.717, 1.165) is 25.6 Å². The summed E-state index contributed by atoms with van der Waals surface area (Å²) in [5, 5.41) is 0. The number of benzene rings is 1. The van der Waals surface area contributed by atoms with E-state index in [2.05, 4.69) is 29.2 Å². The minimum absolute atomic E-state index is 0.591. The highest BCUT2D eigenvalue weighted by atomic mass is 35.5. The van der Waals surface area contributed by atoms with Gasteiger partial charge >= 0.3 is 0 Å². The van der Waals surface area contributed by atoms with Crippen LogP contribution in [0.2, 0.25) is 0 Å². The van der Waals surface area contributed by atoms with E-state index in [1.165, 1.54) is 24.1 Å². The molecule has 0 saturated carbocycles. The maximum absolute atomic E-state index is 5.98. The van der Waals surface area contributed by atoms with Crippen molar-refractivity contribution in [2.45, 2.75) is 18.7 Å². The number of alkyl halides is 1. The molecule has 1 aromatic carbocycles. The van der Waals surface area contributed by atoms with Crippen LogP contribution in [-0.4, -0.2) is 26.8 Å². The van der Waals surface area contributed by atoms with Gasteiger partial charge < -0.3 is 9.64 Å². The summed E-state index contributed by atoms with van der Waals surface area (Å²) in [5.74, 6) is 1.31. The Morgan fingerprint density at radius 2 is 2.00 bits per heavy atom. The molecule has 1 aliphatic rings. The van der Waals surface area contributed by atoms with Crippen LogP contribution in [0.5, 0.6) is 0 Å². The molecular formula is C14H20ClNO. The van der Waals surface area contributed by atoms with Gasteiger partial charge in [-0.1, -0.05) is 18.2 Å². The minimum atomic E-state index is 0.591. The first kappa shape index (κ1) is 12.7. The maximum atomic E-state index is 5.98. The lowest BCUT2D eigenvalue weighted by molar-refractivity contribution is 0.139. The van der Waals surface area contributed by atoms with Crippen molar-refractivity contribution in [2.75, 3.05) is 31.7 Å². The molecule has 0 spiro atoms. The second kappa shape index (κ2) is 6.27. The highest BCUT2D eigenvalue weighted by Crippen LogP contribution is 2.27. The zero-order valence-electron chi connectivity index (χ0n) is 10.4. The molecule has 3 heteroatoms. The van der Waals surface area contributed by atoms with Crippen LogP contribution in [-0.2, 0) is 10.6 Å². The highest BCUT2D eigenvalue weighted by molar-refractivity contribution is 6.17. The van der Waals surface area contributed by atoms with Crippen molar-refractivity contribution < 1.29 is 4.74 Å². The van der Waals surface area contributed by atoms with Crippen LogP contribution in [0.1, 0.15) is 18.4 Å². The molecule has 0 bridgehead atoms. The summed E-state index contributed by atoms with van der Waals surface area (Å²) in [5.41, 5.74) is 2.54. The van der Waals surface area contributed by atoms with Gasteiger partial charge in [0.25, 0.3) is 0 Å². The average Bonchev–Trinajstić information content (AvgIpc) is 2.40. The zero-order valence-corrected chi connectivity index (χ0v) is 11.1. The molecule has 94 valence electrons. The molecule has 1 aromatic rings. The van der Waals surface area contributed by atoms with E-state index in [9.17, 15) is 0 Å². The summed E-state index contributed by atoms with van der Waals surface area (Å²) in [4.78, 5) is 2.45. The van der Waals surface area contributed by atoms with Gasteiger partial charge in [0.1, 0.15) is 0 Å². The maximum Gasteiger partial charge on any atom is 0.0494 e. The molecule has 0 atom stereocenters. The van der Waals surface area contributed by atoms with Gasteiger partial charge in [-0.3, -0.25) is 0 Å². The van der Waals surface area contributed by atoms with Crippen molar-refractivity contribution in [3.63, 3.8) is 0 Å². The summed E-state index contributed by atoms with van der Waals surface area (Å²) in [6, 6.07) is 8.43. The molecule has 0 aromatic heterocycles. The third kappa shape index (κ3) is 3.14. The molecule has 1 aliphatic heterocycles. The summed E-state index contributed by atoms with van der Waals surface area (Å²) in [6.45, 7) is 3.12. The van der Waals surface area contributed by atoms with Crippen LogP contribution in [0.25, 0.3) is 0 Å². The first-order chi connectivity index (χ1) is 8.35. The van der Waals surface area contributed by atoms with Gasteiger partial charge in [-0.05, 0) is 30.4 Å². The predicted octanol–water partition coefficient (Wildman–Crippen LogP) is 3.29. The van der Waals surface area contributed by atoms with Crippen molar-refractivity contribution in [3.8, 4) is 0 Å². The second-order valence-corrected chi connectivity index (χ2v) is 4.92. The lowest BCUT2D eigenvalue weighted by Gasteiger charge is -2.34. The molecular weight excluding hydrogens is 234 g/mol.